The van der Waals surface area contributed by atoms with Crippen LogP contribution in [0.2, 0.25) is 5.02 Å². The molecular weight excluding hydrogens is 412 g/mol. The molecule has 8 heteroatoms. The maximum Gasteiger partial charge on any atom is 0.252 e. The van der Waals surface area contributed by atoms with Crippen LogP contribution in [0.1, 0.15) is 34.3 Å². The lowest BCUT2D eigenvalue weighted by atomic mass is 10.1. The van der Waals surface area contributed by atoms with Gasteiger partial charge in [-0.1, -0.05) is 17.7 Å². The molecular formula is C21H25ClN2O4S. The van der Waals surface area contributed by atoms with Crippen molar-refractivity contribution in [3.8, 4) is 5.75 Å². The van der Waals surface area contributed by atoms with Gasteiger partial charge in [0.15, 0.2) is 0 Å². The predicted molar refractivity (Wildman–Crippen MR) is 113 cm³/mol. The molecule has 29 heavy (non-hydrogen) atoms. The van der Waals surface area contributed by atoms with Crippen molar-refractivity contribution in [2.75, 3.05) is 26.2 Å². The molecule has 0 aliphatic carbocycles. The Hall–Kier alpha value is -2.09. The quantitative estimate of drug-likeness (QED) is 0.673. The maximum atomic E-state index is 12.7. The number of hydrogen-bond acceptors (Lipinski definition) is 4. The van der Waals surface area contributed by atoms with Crippen LogP contribution in [0.5, 0.6) is 5.75 Å². The molecule has 6 nitrogen and oxygen atoms in total. The van der Waals surface area contributed by atoms with Gasteiger partial charge in [0.05, 0.1) is 22.0 Å². The summed E-state index contributed by atoms with van der Waals surface area (Å²) in [5, 5.41) is 2.94. The van der Waals surface area contributed by atoms with Gasteiger partial charge in [-0.2, -0.15) is 4.31 Å². The number of carbonyl (C=O) groups is 1. The lowest BCUT2D eigenvalue weighted by Gasteiger charge is -2.16. The number of hydrogen-bond donors (Lipinski definition) is 1. The van der Waals surface area contributed by atoms with E-state index in [1.165, 1.54) is 22.5 Å². The Kier molecular flexibility index (Phi) is 6.82. The van der Waals surface area contributed by atoms with Crippen molar-refractivity contribution >= 4 is 27.5 Å². The Bertz CT molecular complexity index is 981. The average molecular weight is 437 g/mol. The predicted octanol–water partition coefficient (Wildman–Crippen LogP) is 3.55. The lowest BCUT2D eigenvalue weighted by molar-refractivity contribution is 0.0947. The fourth-order valence-electron chi connectivity index (χ4n) is 3.36. The van der Waals surface area contributed by atoms with Crippen LogP contribution >= 0.6 is 11.6 Å². The van der Waals surface area contributed by atoms with E-state index in [2.05, 4.69) is 11.4 Å². The Labute approximate surface area is 176 Å². The van der Waals surface area contributed by atoms with Crippen LogP contribution in [0.3, 0.4) is 0 Å². The number of halogens is 1. The Balaban J connectivity index is 1.63. The number of aryl methyl sites for hydroxylation is 2. The number of ether oxygens (including phenoxy) is 1. The van der Waals surface area contributed by atoms with Crippen LogP contribution in [0.4, 0.5) is 0 Å². The molecule has 0 spiro atoms. The molecule has 1 heterocycles. The molecule has 1 aliphatic rings. The highest BCUT2D eigenvalue weighted by atomic mass is 35.5. The molecule has 2 aromatic rings. The van der Waals surface area contributed by atoms with Gasteiger partial charge in [0.1, 0.15) is 12.4 Å². The first kappa shape index (κ1) is 21.6. The zero-order valence-corrected chi connectivity index (χ0v) is 18.1. The molecule has 1 N–H and O–H groups in total. The van der Waals surface area contributed by atoms with Crippen LogP contribution in [0.15, 0.2) is 41.3 Å². The number of amides is 1. The average Bonchev–Trinajstić information content (AvgIpc) is 3.20. The minimum Gasteiger partial charge on any atom is -0.492 e. The summed E-state index contributed by atoms with van der Waals surface area (Å²) in [7, 11) is -3.61. The highest BCUT2D eigenvalue weighted by Crippen LogP contribution is 2.25. The SMILES string of the molecule is Cc1cc(C)cc(OCCNC(=O)c2cc(S(=O)(=O)N3CCCC3)ccc2Cl)c1. The fraction of sp³-hybridized carbons (Fsp3) is 0.381. The zero-order valence-electron chi connectivity index (χ0n) is 16.6. The van der Waals surface area contributed by atoms with Gasteiger partial charge in [0, 0.05) is 13.1 Å². The second kappa shape index (κ2) is 9.15. The van der Waals surface area contributed by atoms with E-state index in [1.807, 2.05) is 26.0 Å². The summed E-state index contributed by atoms with van der Waals surface area (Å²) in [5.41, 5.74) is 2.34. The minimum atomic E-state index is -3.61. The van der Waals surface area contributed by atoms with E-state index in [0.717, 1.165) is 29.7 Å². The summed E-state index contributed by atoms with van der Waals surface area (Å²) in [4.78, 5) is 12.6. The van der Waals surface area contributed by atoms with Gasteiger partial charge in [-0.15, -0.1) is 0 Å². The van der Waals surface area contributed by atoms with Crippen molar-refractivity contribution < 1.29 is 17.9 Å². The monoisotopic (exact) mass is 436 g/mol. The van der Waals surface area contributed by atoms with Gasteiger partial charge in [-0.25, -0.2) is 8.42 Å². The summed E-state index contributed by atoms with van der Waals surface area (Å²) in [5.74, 6) is 0.311. The number of benzene rings is 2. The number of nitrogens with zero attached hydrogens (tertiary/aromatic N) is 1. The van der Waals surface area contributed by atoms with Gasteiger partial charge >= 0.3 is 0 Å². The third-order valence-corrected chi connectivity index (χ3v) is 6.96. The number of sulfonamides is 1. The van der Waals surface area contributed by atoms with E-state index in [-0.39, 0.29) is 28.6 Å². The molecule has 1 amide bonds. The van der Waals surface area contributed by atoms with Crippen molar-refractivity contribution in [3.63, 3.8) is 0 Å². The Morgan fingerprint density at radius 3 is 2.41 bits per heavy atom. The van der Waals surface area contributed by atoms with Gasteiger partial charge < -0.3 is 10.1 Å². The molecule has 1 fully saturated rings. The van der Waals surface area contributed by atoms with E-state index in [4.69, 9.17) is 16.3 Å². The second-order valence-electron chi connectivity index (χ2n) is 7.18. The van der Waals surface area contributed by atoms with Crippen LogP contribution in [0, 0.1) is 13.8 Å². The van der Waals surface area contributed by atoms with Gasteiger partial charge in [0.2, 0.25) is 10.0 Å². The Morgan fingerprint density at radius 1 is 1.10 bits per heavy atom. The first-order valence-electron chi connectivity index (χ1n) is 9.56. The highest BCUT2D eigenvalue weighted by molar-refractivity contribution is 7.89. The number of carbonyl (C=O) groups excluding carboxylic acids is 1. The summed E-state index contributed by atoms with van der Waals surface area (Å²) in [6.45, 7) is 5.55. The van der Waals surface area contributed by atoms with E-state index in [9.17, 15) is 13.2 Å². The molecule has 156 valence electrons. The molecule has 2 aromatic carbocycles. The van der Waals surface area contributed by atoms with Crippen LogP contribution in [0.25, 0.3) is 0 Å². The molecule has 1 saturated heterocycles. The first-order chi connectivity index (χ1) is 13.8. The van der Waals surface area contributed by atoms with Crippen molar-refractivity contribution in [3.05, 3.63) is 58.1 Å². The molecule has 1 aliphatic heterocycles. The van der Waals surface area contributed by atoms with E-state index < -0.39 is 15.9 Å². The van der Waals surface area contributed by atoms with Crippen LogP contribution < -0.4 is 10.1 Å². The van der Waals surface area contributed by atoms with Crippen molar-refractivity contribution in [2.24, 2.45) is 0 Å². The molecule has 0 aromatic heterocycles. The van der Waals surface area contributed by atoms with E-state index >= 15 is 0 Å². The Morgan fingerprint density at radius 2 is 1.76 bits per heavy atom. The van der Waals surface area contributed by atoms with Gasteiger partial charge in [-0.3, -0.25) is 4.79 Å². The molecule has 0 radical (unpaired) electrons. The molecule has 3 rings (SSSR count). The van der Waals surface area contributed by atoms with E-state index in [1.54, 1.807) is 0 Å². The highest BCUT2D eigenvalue weighted by Gasteiger charge is 2.28. The number of rotatable bonds is 7. The summed E-state index contributed by atoms with van der Waals surface area (Å²) < 4.78 is 32.6. The summed E-state index contributed by atoms with van der Waals surface area (Å²) >= 11 is 6.14. The number of nitrogens with one attached hydrogen (secondary N) is 1. The zero-order chi connectivity index (χ0) is 21.0. The van der Waals surface area contributed by atoms with Crippen LogP contribution in [-0.4, -0.2) is 44.9 Å². The normalized spacial score (nSPS) is 14.7. The van der Waals surface area contributed by atoms with Crippen molar-refractivity contribution in [1.29, 1.82) is 0 Å². The fourth-order valence-corrected chi connectivity index (χ4v) is 5.11. The summed E-state index contributed by atoms with van der Waals surface area (Å²) in [6.07, 6.45) is 1.70. The second-order valence-corrected chi connectivity index (χ2v) is 9.53. The van der Waals surface area contributed by atoms with E-state index in [0.29, 0.717) is 13.1 Å². The molecule has 0 saturated carbocycles. The topological polar surface area (TPSA) is 75.7 Å². The van der Waals surface area contributed by atoms with Crippen molar-refractivity contribution in [2.45, 2.75) is 31.6 Å². The van der Waals surface area contributed by atoms with Gasteiger partial charge in [0.25, 0.3) is 5.91 Å². The smallest absolute Gasteiger partial charge is 0.252 e. The maximum absolute atomic E-state index is 12.7. The largest absolute Gasteiger partial charge is 0.492 e. The molecule has 0 atom stereocenters. The minimum absolute atomic E-state index is 0.0837. The molecule has 0 bridgehead atoms. The van der Waals surface area contributed by atoms with Crippen molar-refractivity contribution in [1.82, 2.24) is 9.62 Å². The third-order valence-electron chi connectivity index (χ3n) is 4.74. The van der Waals surface area contributed by atoms with Gasteiger partial charge in [-0.05, 0) is 68.1 Å². The standard InChI is InChI=1S/C21H25ClN2O4S/c1-15-11-16(2)13-17(12-15)28-10-7-23-21(25)19-14-18(5-6-20(19)22)29(26,27)24-8-3-4-9-24/h5-6,11-14H,3-4,7-10H2,1-2H3,(H,23,25). The summed E-state index contributed by atoms with van der Waals surface area (Å²) in [6, 6.07) is 10.1. The third kappa shape index (κ3) is 5.29. The molecule has 0 unspecified atom stereocenters. The lowest BCUT2D eigenvalue weighted by Crippen LogP contribution is -2.30. The van der Waals surface area contributed by atoms with Crippen LogP contribution in [-0.2, 0) is 10.0 Å². The first-order valence-corrected chi connectivity index (χ1v) is 11.4.